The molecule has 1 aromatic heterocycles. The van der Waals surface area contributed by atoms with Crippen molar-refractivity contribution in [3.63, 3.8) is 0 Å². The fourth-order valence-corrected chi connectivity index (χ4v) is 13.9. The topological polar surface area (TPSA) is 118 Å². The van der Waals surface area contributed by atoms with E-state index < -0.39 is 5.60 Å². The SMILES string of the molecule is CC(C)(O)[C@@H]1CC[C@@](C)([C@H]2CC[C@]3(C)[C@@H]2[C@H](O)C[C@@H]2[C@@]4(C)Cc5sc(NC(=O)CCCCCCCN)nc5C(C)(C)[C@@H]4CC[C@]23C)O1. The molecule has 0 radical (unpaired) electrons. The van der Waals surface area contributed by atoms with Crippen LogP contribution in [0.2, 0.25) is 0 Å². The third-order valence-corrected chi connectivity index (χ3v) is 16.1. The predicted octanol–water partition coefficient (Wildman–Crippen LogP) is 7.76. The summed E-state index contributed by atoms with van der Waals surface area (Å²) in [6.45, 7) is 19.1. The Hall–Kier alpha value is -1.06. The van der Waals surface area contributed by atoms with Crippen molar-refractivity contribution in [2.24, 2.45) is 45.7 Å². The smallest absolute Gasteiger partial charge is 0.226 e. The number of thiazole rings is 1. The van der Waals surface area contributed by atoms with Crippen molar-refractivity contribution in [2.45, 2.75) is 174 Å². The molecule has 5 aliphatic rings. The minimum Gasteiger partial charge on any atom is -0.393 e. The Morgan fingerprint density at radius 3 is 2.34 bits per heavy atom. The monoisotopic (exact) mass is 671 g/mol. The molecule has 5 N–H and O–H groups in total. The Kier molecular flexibility index (Phi) is 9.37. The molecule has 0 aromatic carbocycles. The summed E-state index contributed by atoms with van der Waals surface area (Å²) in [5, 5.41) is 27.0. The van der Waals surface area contributed by atoms with Crippen LogP contribution in [-0.2, 0) is 21.4 Å². The molecule has 4 fully saturated rings. The second-order valence-corrected chi connectivity index (χ2v) is 19.7. The molecule has 6 rings (SSSR count). The van der Waals surface area contributed by atoms with Crippen molar-refractivity contribution >= 4 is 22.4 Å². The minimum atomic E-state index is -0.856. The van der Waals surface area contributed by atoms with Gasteiger partial charge in [-0.2, -0.15) is 0 Å². The summed E-state index contributed by atoms with van der Waals surface area (Å²) in [6, 6.07) is 0. The average Bonchev–Trinajstić information content (AvgIpc) is 3.68. The summed E-state index contributed by atoms with van der Waals surface area (Å²) < 4.78 is 6.75. The van der Waals surface area contributed by atoms with Crippen LogP contribution in [-0.4, -0.2) is 51.1 Å². The van der Waals surface area contributed by atoms with E-state index in [1.165, 1.54) is 17.0 Å². The number of aromatic nitrogens is 1. The molecule has 0 spiro atoms. The van der Waals surface area contributed by atoms with Gasteiger partial charge in [0.2, 0.25) is 5.91 Å². The maximum atomic E-state index is 12.9. The molecule has 1 aromatic rings. The Bertz CT molecular complexity index is 1320. The maximum Gasteiger partial charge on any atom is 0.226 e. The Morgan fingerprint density at radius 1 is 0.979 bits per heavy atom. The van der Waals surface area contributed by atoms with Crippen molar-refractivity contribution in [1.29, 1.82) is 0 Å². The fourth-order valence-electron chi connectivity index (χ4n) is 12.6. The summed E-state index contributed by atoms with van der Waals surface area (Å²) in [5.41, 5.74) is 5.69. The lowest BCUT2D eigenvalue weighted by atomic mass is 9.35. The van der Waals surface area contributed by atoms with Crippen LogP contribution >= 0.6 is 11.3 Å². The molecule has 3 saturated carbocycles. The molecule has 0 bridgehead atoms. The third kappa shape index (κ3) is 5.76. The highest BCUT2D eigenvalue weighted by Gasteiger charge is 2.72. The molecule has 47 heavy (non-hydrogen) atoms. The van der Waals surface area contributed by atoms with Crippen molar-refractivity contribution in [2.75, 3.05) is 11.9 Å². The number of ether oxygens (including phenoxy) is 1. The van der Waals surface area contributed by atoms with Crippen LogP contribution in [0.15, 0.2) is 0 Å². The van der Waals surface area contributed by atoms with Gasteiger partial charge in [-0.15, -0.1) is 11.3 Å². The lowest BCUT2D eigenvalue weighted by Gasteiger charge is -2.69. The number of carbonyl (C=O) groups is 1. The number of rotatable bonds is 10. The Labute approximate surface area is 288 Å². The molecule has 7 nitrogen and oxygen atoms in total. The number of nitrogens with one attached hydrogen (secondary N) is 1. The summed E-state index contributed by atoms with van der Waals surface area (Å²) in [5.74, 6) is 1.44. The Balaban J connectivity index is 1.22. The zero-order valence-corrected chi connectivity index (χ0v) is 31.5. The number of hydrogen-bond acceptors (Lipinski definition) is 7. The molecule has 8 heteroatoms. The minimum absolute atomic E-state index is 0.0226. The van der Waals surface area contributed by atoms with Crippen molar-refractivity contribution in [3.8, 4) is 0 Å². The standard InChI is InChI=1S/C39H65N3O4S/c1-34(2)27-16-19-37(6)28(22-25(43)31-24(15-18-38(31,37)7)39(8)20-17-29(46-39)35(3,4)45)36(27,5)23-26-32(34)42-33(47-26)41-30(44)14-12-10-9-11-13-21-40/h24-25,27-29,31,43,45H,9-23,40H2,1-8H3,(H,41,42,44)/t24-,25+,27-,28+,29-,31-,36-,37+,38+,39-/m0/s1. The molecule has 10 atom stereocenters. The highest BCUT2D eigenvalue weighted by atomic mass is 32.1. The zero-order chi connectivity index (χ0) is 34.2. The maximum absolute atomic E-state index is 12.9. The molecule has 4 aliphatic carbocycles. The first-order chi connectivity index (χ1) is 21.9. The van der Waals surface area contributed by atoms with Crippen LogP contribution in [0.25, 0.3) is 0 Å². The van der Waals surface area contributed by atoms with E-state index in [9.17, 15) is 15.0 Å². The van der Waals surface area contributed by atoms with Gasteiger partial charge in [0.15, 0.2) is 5.13 Å². The van der Waals surface area contributed by atoms with Gasteiger partial charge in [-0.1, -0.05) is 53.9 Å². The van der Waals surface area contributed by atoms with Gasteiger partial charge in [0, 0.05) is 16.7 Å². The van der Waals surface area contributed by atoms with E-state index in [4.69, 9.17) is 15.5 Å². The average molecular weight is 672 g/mol. The van der Waals surface area contributed by atoms with Gasteiger partial charge >= 0.3 is 0 Å². The Morgan fingerprint density at radius 2 is 1.66 bits per heavy atom. The number of aliphatic hydroxyl groups excluding tert-OH is 1. The third-order valence-electron chi connectivity index (χ3n) is 15.1. The van der Waals surface area contributed by atoms with E-state index in [0.29, 0.717) is 24.2 Å². The number of anilines is 1. The molecule has 2 heterocycles. The molecule has 1 saturated heterocycles. The van der Waals surface area contributed by atoms with E-state index in [0.717, 1.165) is 88.7 Å². The second-order valence-electron chi connectivity index (χ2n) is 18.6. The highest BCUT2D eigenvalue weighted by molar-refractivity contribution is 7.15. The summed E-state index contributed by atoms with van der Waals surface area (Å²) in [7, 11) is 0. The number of amides is 1. The molecule has 1 aliphatic heterocycles. The number of nitrogens with zero attached hydrogens (tertiary/aromatic N) is 1. The largest absolute Gasteiger partial charge is 0.393 e. The van der Waals surface area contributed by atoms with Crippen molar-refractivity contribution in [1.82, 2.24) is 4.98 Å². The summed E-state index contributed by atoms with van der Waals surface area (Å²) in [4.78, 5) is 19.3. The lowest BCUT2D eigenvalue weighted by molar-refractivity contribution is -0.227. The van der Waals surface area contributed by atoms with Gasteiger partial charge in [-0.25, -0.2) is 4.98 Å². The van der Waals surface area contributed by atoms with Gasteiger partial charge in [0.25, 0.3) is 0 Å². The molecular weight excluding hydrogens is 607 g/mol. The van der Waals surface area contributed by atoms with Crippen LogP contribution < -0.4 is 11.1 Å². The van der Waals surface area contributed by atoms with Gasteiger partial charge in [0.05, 0.1) is 29.1 Å². The van der Waals surface area contributed by atoms with E-state index >= 15 is 0 Å². The molecule has 266 valence electrons. The number of hydrogen-bond donors (Lipinski definition) is 4. The number of carbonyl (C=O) groups excluding carboxylic acids is 1. The zero-order valence-electron chi connectivity index (χ0n) is 30.7. The normalized spacial score (nSPS) is 42.4. The highest BCUT2D eigenvalue weighted by Crippen LogP contribution is 2.76. The number of nitrogens with two attached hydrogens (primary N) is 1. The summed E-state index contributed by atoms with van der Waals surface area (Å²) in [6.07, 6.45) is 13.5. The number of aliphatic hydroxyl groups is 2. The molecule has 1 amide bonds. The fraction of sp³-hybridized carbons (Fsp3) is 0.897. The number of unbranched alkanes of at least 4 members (excludes halogenated alkanes) is 4. The van der Waals surface area contributed by atoms with Crippen molar-refractivity contribution in [3.05, 3.63) is 10.6 Å². The molecule has 0 unspecified atom stereocenters. The van der Waals surface area contributed by atoms with E-state index in [-0.39, 0.29) is 51.3 Å². The van der Waals surface area contributed by atoms with Gasteiger partial charge in [-0.05, 0) is 131 Å². The predicted molar refractivity (Wildman–Crippen MR) is 190 cm³/mol. The van der Waals surface area contributed by atoms with Crippen LogP contribution in [0.4, 0.5) is 5.13 Å². The first-order valence-electron chi connectivity index (χ1n) is 19.0. The van der Waals surface area contributed by atoms with Crippen molar-refractivity contribution < 1.29 is 19.7 Å². The van der Waals surface area contributed by atoms with Crippen LogP contribution in [0.3, 0.4) is 0 Å². The van der Waals surface area contributed by atoms with E-state index in [1.54, 1.807) is 11.3 Å². The summed E-state index contributed by atoms with van der Waals surface area (Å²) >= 11 is 1.69. The quantitative estimate of drug-likeness (QED) is 0.189. The van der Waals surface area contributed by atoms with E-state index in [1.807, 2.05) is 13.8 Å². The number of fused-ring (bicyclic) bond motifs is 6. The second kappa shape index (κ2) is 12.3. The lowest BCUT2D eigenvalue weighted by Crippen LogP contribution is -2.66. The van der Waals surface area contributed by atoms with E-state index in [2.05, 4.69) is 46.9 Å². The van der Waals surface area contributed by atoms with Gasteiger partial charge in [0.1, 0.15) is 0 Å². The molecular formula is C39H65N3O4S. The van der Waals surface area contributed by atoms with Crippen LogP contribution in [0, 0.1) is 39.9 Å². The van der Waals surface area contributed by atoms with Gasteiger partial charge < -0.3 is 26.0 Å². The van der Waals surface area contributed by atoms with Gasteiger partial charge in [-0.3, -0.25) is 4.79 Å². The van der Waals surface area contributed by atoms with Crippen LogP contribution in [0.1, 0.15) is 149 Å². The van der Waals surface area contributed by atoms with Crippen LogP contribution in [0.5, 0.6) is 0 Å². The first kappa shape index (κ1) is 35.8. The first-order valence-corrected chi connectivity index (χ1v) is 19.8.